The number of anilines is 2. The Bertz CT molecular complexity index is 941. The number of aryl methyl sites for hydroxylation is 2. The first-order valence-electron chi connectivity index (χ1n) is 8.20. The molecule has 0 saturated heterocycles. The van der Waals surface area contributed by atoms with Crippen LogP contribution in [0.5, 0.6) is 0 Å². The molecular formula is C18H21FN6S. The highest BCUT2D eigenvalue weighted by Gasteiger charge is 2.14. The van der Waals surface area contributed by atoms with Crippen molar-refractivity contribution >= 4 is 28.7 Å². The van der Waals surface area contributed by atoms with Gasteiger partial charge in [-0.05, 0) is 50.7 Å². The van der Waals surface area contributed by atoms with E-state index in [0.717, 1.165) is 34.0 Å². The minimum atomic E-state index is -0.244. The smallest absolute Gasteiger partial charge is 0.175 e. The molecule has 0 amide bonds. The third-order valence-corrected chi connectivity index (χ3v) is 4.55. The van der Waals surface area contributed by atoms with E-state index in [4.69, 9.17) is 12.2 Å². The summed E-state index contributed by atoms with van der Waals surface area (Å²) in [5.41, 5.74) is 5.51. The van der Waals surface area contributed by atoms with Crippen LogP contribution >= 0.6 is 12.2 Å². The number of nitrogens with zero attached hydrogens (tertiary/aromatic N) is 4. The summed E-state index contributed by atoms with van der Waals surface area (Å²) in [6, 6.07) is 6.43. The van der Waals surface area contributed by atoms with Gasteiger partial charge in [0.15, 0.2) is 5.11 Å². The van der Waals surface area contributed by atoms with E-state index in [1.54, 1.807) is 23.0 Å². The van der Waals surface area contributed by atoms with Crippen LogP contribution in [0, 0.1) is 26.6 Å². The largest absolute Gasteiger partial charge is 0.330 e. The molecule has 0 aliphatic heterocycles. The predicted octanol–water partition coefficient (Wildman–Crippen LogP) is 3.54. The van der Waals surface area contributed by atoms with Crippen LogP contribution in [0.1, 0.15) is 22.6 Å². The molecule has 0 saturated carbocycles. The highest BCUT2D eigenvalue weighted by Crippen LogP contribution is 2.21. The van der Waals surface area contributed by atoms with Crippen molar-refractivity contribution in [2.24, 2.45) is 7.05 Å². The van der Waals surface area contributed by atoms with Crippen LogP contribution in [-0.2, 0) is 13.6 Å². The van der Waals surface area contributed by atoms with Gasteiger partial charge in [-0.15, -0.1) is 0 Å². The Balaban J connectivity index is 1.74. The van der Waals surface area contributed by atoms with Crippen LogP contribution in [0.4, 0.5) is 15.8 Å². The zero-order chi connectivity index (χ0) is 18.8. The molecule has 2 aromatic heterocycles. The van der Waals surface area contributed by atoms with Crippen LogP contribution < -0.4 is 10.6 Å². The first-order valence-corrected chi connectivity index (χ1v) is 8.61. The Morgan fingerprint density at radius 1 is 1.12 bits per heavy atom. The Morgan fingerprint density at radius 3 is 2.42 bits per heavy atom. The number of benzene rings is 1. The second kappa shape index (κ2) is 7.25. The van der Waals surface area contributed by atoms with Crippen molar-refractivity contribution in [1.82, 2.24) is 19.6 Å². The van der Waals surface area contributed by atoms with E-state index in [9.17, 15) is 4.39 Å². The summed E-state index contributed by atoms with van der Waals surface area (Å²) in [6.45, 7) is 6.43. The molecule has 2 N–H and O–H groups in total. The predicted molar refractivity (Wildman–Crippen MR) is 105 cm³/mol. The molecule has 3 aromatic rings. The second-order valence-corrected chi connectivity index (χ2v) is 6.58. The Labute approximate surface area is 157 Å². The summed E-state index contributed by atoms with van der Waals surface area (Å²) >= 11 is 5.42. The van der Waals surface area contributed by atoms with Crippen molar-refractivity contribution < 1.29 is 4.39 Å². The summed E-state index contributed by atoms with van der Waals surface area (Å²) in [5.74, 6) is -0.244. The second-order valence-electron chi connectivity index (χ2n) is 6.18. The molecule has 0 aliphatic carbocycles. The quantitative estimate of drug-likeness (QED) is 0.686. The maximum Gasteiger partial charge on any atom is 0.175 e. The lowest BCUT2D eigenvalue weighted by Crippen LogP contribution is -2.20. The average molecular weight is 372 g/mol. The highest BCUT2D eigenvalue weighted by atomic mass is 32.1. The number of hydrogen-bond donors (Lipinski definition) is 2. The first kappa shape index (κ1) is 18.1. The van der Waals surface area contributed by atoms with Crippen LogP contribution in [-0.4, -0.2) is 24.7 Å². The molecule has 0 spiro atoms. The summed E-state index contributed by atoms with van der Waals surface area (Å²) in [5, 5.41) is 15.6. The van der Waals surface area contributed by atoms with Crippen LogP contribution in [0.2, 0.25) is 0 Å². The van der Waals surface area contributed by atoms with Crippen molar-refractivity contribution in [2.45, 2.75) is 27.3 Å². The lowest BCUT2D eigenvalue weighted by molar-refractivity contribution is 0.622. The summed E-state index contributed by atoms with van der Waals surface area (Å²) < 4.78 is 16.7. The summed E-state index contributed by atoms with van der Waals surface area (Å²) in [6.07, 6.45) is 1.74. The van der Waals surface area contributed by atoms with Crippen molar-refractivity contribution in [2.75, 3.05) is 10.6 Å². The Kier molecular flexibility index (Phi) is 5.03. The fourth-order valence-corrected chi connectivity index (χ4v) is 2.90. The molecule has 2 heterocycles. The molecule has 26 heavy (non-hydrogen) atoms. The summed E-state index contributed by atoms with van der Waals surface area (Å²) in [7, 11) is 1.88. The zero-order valence-electron chi connectivity index (χ0n) is 15.2. The molecular weight excluding hydrogens is 351 g/mol. The number of hydrogen-bond acceptors (Lipinski definition) is 3. The SMILES string of the molecule is Cc1nn(Cc2ccc(F)cc2)c(C)c1NC(=S)Nc1cnn(C)c1C. The van der Waals surface area contributed by atoms with Crippen molar-refractivity contribution in [3.05, 3.63) is 58.9 Å². The molecule has 6 nitrogen and oxygen atoms in total. The topological polar surface area (TPSA) is 59.7 Å². The van der Waals surface area contributed by atoms with Gasteiger partial charge in [-0.3, -0.25) is 9.36 Å². The molecule has 0 aliphatic rings. The number of halogens is 1. The van der Waals surface area contributed by atoms with E-state index in [1.807, 2.05) is 32.5 Å². The first-order chi connectivity index (χ1) is 12.3. The minimum Gasteiger partial charge on any atom is -0.330 e. The van der Waals surface area contributed by atoms with Gasteiger partial charge in [0.1, 0.15) is 5.82 Å². The molecule has 1 aromatic carbocycles. The molecule has 0 unspecified atom stereocenters. The van der Waals surface area contributed by atoms with Gasteiger partial charge in [-0.1, -0.05) is 12.1 Å². The fraction of sp³-hybridized carbons (Fsp3) is 0.278. The lowest BCUT2D eigenvalue weighted by Gasteiger charge is -2.11. The number of nitrogens with one attached hydrogen (secondary N) is 2. The van der Waals surface area contributed by atoms with E-state index in [-0.39, 0.29) is 5.82 Å². The van der Waals surface area contributed by atoms with E-state index in [1.165, 1.54) is 12.1 Å². The number of aromatic nitrogens is 4. The fourth-order valence-electron chi connectivity index (χ4n) is 2.68. The van der Waals surface area contributed by atoms with Gasteiger partial charge in [-0.2, -0.15) is 10.2 Å². The monoisotopic (exact) mass is 372 g/mol. The molecule has 136 valence electrons. The Morgan fingerprint density at radius 2 is 1.81 bits per heavy atom. The van der Waals surface area contributed by atoms with E-state index < -0.39 is 0 Å². The third kappa shape index (κ3) is 3.75. The molecule has 3 rings (SSSR count). The standard InChI is InChI=1S/C18H21FN6S/c1-11-17(22-18(26)21-16-9-20-24(4)12(16)2)13(3)25(23-11)10-14-5-7-15(19)8-6-14/h5-9H,10H2,1-4H3,(H2,21,22,26). The maximum absolute atomic E-state index is 13.1. The third-order valence-electron chi connectivity index (χ3n) is 4.35. The van der Waals surface area contributed by atoms with Gasteiger partial charge in [0.25, 0.3) is 0 Å². The normalized spacial score (nSPS) is 10.8. The van der Waals surface area contributed by atoms with Gasteiger partial charge in [-0.25, -0.2) is 4.39 Å². The van der Waals surface area contributed by atoms with Gasteiger partial charge >= 0.3 is 0 Å². The summed E-state index contributed by atoms with van der Waals surface area (Å²) in [4.78, 5) is 0. The minimum absolute atomic E-state index is 0.244. The van der Waals surface area contributed by atoms with Crippen molar-refractivity contribution in [3.8, 4) is 0 Å². The molecule has 0 atom stereocenters. The lowest BCUT2D eigenvalue weighted by atomic mass is 10.2. The number of thiocarbonyl (C=S) groups is 1. The maximum atomic E-state index is 13.1. The van der Waals surface area contributed by atoms with Gasteiger partial charge in [0.2, 0.25) is 0 Å². The van der Waals surface area contributed by atoms with Crippen molar-refractivity contribution in [1.29, 1.82) is 0 Å². The molecule has 0 radical (unpaired) electrons. The zero-order valence-corrected chi connectivity index (χ0v) is 16.0. The van der Waals surface area contributed by atoms with Gasteiger partial charge in [0.05, 0.1) is 41.2 Å². The van der Waals surface area contributed by atoms with Crippen LogP contribution in [0.25, 0.3) is 0 Å². The van der Waals surface area contributed by atoms with Crippen molar-refractivity contribution in [3.63, 3.8) is 0 Å². The Hall–Kier alpha value is -2.74. The average Bonchev–Trinajstić information content (AvgIpc) is 3.05. The van der Waals surface area contributed by atoms with E-state index in [0.29, 0.717) is 11.7 Å². The number of rotatable bonds is 4. The highest BCUT2D eigenvalue weighted by molar-refractivity contribution is 7.80. The molecule has 0 fully saturated rings. The van der Waals surface area contributed by atoms with Crippen LogP contribution in [0.3, 0.4) is 0 Å². The van der Waals surface area contributed by atoms with E-state index in [2.05, 4.69) is 20.8 Å². The van der Waals surface area contributed by atoms with E-state index >= 15 is 0 Å². The van der Waals surface area contributed by atoms with Crippen LogP contribution in [0.15, 0.2) is 30.5 Å². The van der Waals surface area contributed by atoms with Gasteiger partial charge < -0.3 is 10.6 Å². The molecule has 0 bridgehead atoms. The van der Waals surface area contributed by atoms with Gasteiger partial charge in [0, 0.05) is 7.05 Å². The molecule has 8 heteroatoms.